The van der Waals surface area contributed by atoms with Gasteiger partial charge in [0, 0.05) is 6.07 Å². The molecule has 0 amide bonds. The third-order valence-corrected chi connectivity index (χ3v) is 9.63. The molecule has 4 aliphatic rings. The number of hydrogen-bond acceptors (Lipinski definition) is 19. The lowest BCUT2D eigenvalue weighted by molar-refractivity contribution is -0.339. The van der Waals surface area contributed by atoms with Crippen LogP contribution in [-0.2, 0) is 18.9 Å². The van der Waals surface area contributed by atoms with Crippen molar-refractivity contribution in [3.05, 3.63) is 41.5 Å². The predicted octanol–water partition coefficient (Wildman–Crippen LogP) is -2.74. The van der Waals surface area contributed by atoms with Crippen LogP contribution in [-0.4, -0.2) is 165 Å². The van der Waals surface area contributed by atoms with Crippen LogP contribution in [0.1, 0.15) is 35.4 Å². The Kier molecular flexibility index (Phi) is 12.0. The Morgan fingerprint density at radius 3 is 2.06 bits per heavy atom. The van der Waals surface area contributed by atoms with Crippen molar-refractivity contribution in [2.24, 2.45) is 0 Å². The number of ether oxygens (including phenoxy) is 9. The minimum absolute atomic E-state index is 0.145. The molecule has 294 valence electrons. The molecule has 19 heteroatoms. The summed E-state index contributed by atoms with van der Waals surface area (Å²) in [5.74, 6) is -0.828. The van der Waals surface area contributed by atoms with Crippen LogP contribution in [0.3, 0.4) is 0 Å². The highest BCUT2D eigenvalue weighted by Gasteiger charge is 2.50. The maximum atomic E-state index is 13.9. The van der Waals surface area contributed by atoms with Crippen LogP contribution in [0, 0.1) is 0 Å². The average Bonchev–Trinajstić information content (AvgIpc) is 3.15. The van der Waals surface area contributed by atoms with Gasteiger partial charge in [0.2, 0.25) is 18.3 Å². The zero-order valence-corrected chi connectivity index (χ0v) is 28.8. The van der Waals surface area contributed by atoms with E-state index in [0.717, 1.165) is 6.07 Å². The molecule has 0 radical (unpaired) electrons. The molecule has 0 unspecified atom stereocenters. The van der Waals surface area contributed by atoms with E-state index in [0.29, 0.717) is 11.3 Å². The smallest absolute Gasteiger partial charge is 0.229 e. The minimum Gasteiger partial charge on any atom is -0.497 e. The molecule has 19 nitrogen and oxygen atoms in total. The Balaban J connectivity index is 1.33. The van der Waals surface area contributed by atoms with Gasteiger partial charge in [0.15, 0.2) is 23.6 Å². The molecule has 0 spiro atoms. The minimum atomic E-state index is -1.92. The number of aliphatic hydroxyl groups excluding tert-OH is 9. The van der Waals surface area contributed by atoms with Crippen molar-refractivity contribution in [1.29, 1.82) is 0 Å². The van der Waals surface area contributed by atoms with Crippen LogP contribution in [0.25, 0.3) is 0 Å². The number of benzene rings is 2. The van der Waals surface area contributed by atoms with E-state index in [-0.39, 0.29) is 35.0 Å². The summed E-state index contributed by atoms with van der Waals surface area (Å²) < 4.78 is 51.4. The molecule has 0 aromatic heterocycles. The number of ketones is 1. The molecule has 2 aromatic carbocycles. The van der Waals surface area contributed by atoms with Gasteiger partial charge in [-0.05, 0) is 24.6 Å². The van der Waals surface area contributed by atoms with Crippen LogP contribution in [0.5, 0.6) is 28.7 Å². The van der Waals surface area contributed by atoms with Crippen LogP contribution in [0.2, 0.25) is 0 Å². The fourth-order valence-electron chi connectivity index (χ4n) is 6.54. The fourth-order valence-corrected chi connectivity index (χ4v) is 6.54. The summed E-state index contributed by atoms with van der Waals surface area (Å²) >= 11 is 0. The van der Waals surface area contributed by atoms with Gasteiger partial charge in [-0.15, -0.1) is 0 Å². The van der Waals surface area contributed by atoms with E-state index in [1.54, 1.807) is 24.3 Å². The summed E-state index contributed by atoms with van der Waals surface area (Å²) in [5.41, 5.74) is 0.450. The third-order valence-electron chi connectivity index (χ3n) is 9.63. The summed E-state index contributed by atoms with van der Waals surface area (Å²) in [6.07, 6.45) is -23.4. The molecule has 15 atom stereocenters. The molecule has 4 heterocycles. The fraction of sp³-hybridized carbons (Fsp3) is 0.618. The summed E-state index contributed by atoms with van der Waals surface area (Å²) in [6.45, 7) is 0.219. The number of methoxy groups -OCH3 is 2. The first kappa shape index (κ1) is 39.3. The Bertz CT molecular complexity index is 1570. The second-order valence-electron chi connectivity index (χ2n) is 13.1. The van der Waals surface area contributed by atoms with E-state index in [1.165, 1.54) is 21.1 Å². The molecule has 6 rings (SSSR count). The normalized spacial score (nSPS) is 38.7. The number of carbonyl (C=O) groups excluding carboxylic acids is 1. The van der Waals surface area contributed by atoms with Gasteiger partial charge in [0.25, 0.3) is 0 Å². The molecule has 2 aromatic rings. The van der Waals surface area contributed by atoms with Crippen molar-refractivity contribution in [2.45, 2.75) is 105 Å². The molecule has 0 saturated carbocycles. The van der Waals surface area contributed by atoms with E-state index in [1.807, 2.05) is 0 Å². The molecule has 4 aliphatic heterocycles. The lowest BCUT2D eigenvalue weighted by atomic mass is 9.94. The molecule has 3 saturated heterocycles. The van der Waals surface area contributed by atoms with Crippen LogP contribution in [0.15, 0.2) is 30.3 Å². The summed E-state index contributed by atoms with van der Waals surface area (Å²) in [6, 6.07) is 7.92. The van der Waals surface area contributed by atoms with E-state index in [9.17, 15) is 50.8 Å². The Hall–Kier alpha value is -3.41. The lowest BCUT2D eigenvalue weighted by Crippen LogP contribution is -2.63. The highest BCUT2D eigenvalue weighted by atomic mass is 16.7. The summed E-state index contributed by atoms with van der Waals surface area (Å²) in [4.78, 5) is 13.9. The van der Waals surface area contributed by atoms with Crippen molar-refractivity contribution < 1.29 is 93.4 Å². The third kappa shape index (κ3) is 7.63. The van der Waals surface area contributed by atoms with Gasteiger partial charge in [-0.25, -0.2) is 0 Å². The molecule has 9 N–H and O–H groups in total. The Labute approximate surface area is 302 Å². The number of rotatable bonds is 10. The maximum Gasteiger partial charge on any atom is 0.229 e. The standard InChI is InChI=1S/C34H44O19/c1-12-22(38)24(40)27(43)33(48-12)50-18-9-19(30(46-3)31-21(18)15(36)8-17(49-31)13-4-6-14(45-2)7-5-13)51-34-28(44)25(41)29(20(10-35)52-34)53-32-26(42)23(39)16(37)11-47-32/h4-7,9,12,16-17,20,22-29,32-35,37-44H,8,10-11H2,1-3H3/t12-,16-,17-,20+,22-,23-,24+,25+,26+,27+,28+,29+,32-,33-,34+/m0/s1. The predicted molar refractivity (Wildman–Crippen MR) is 172 cm³/mol. The zero-order valence-electron chi connectivity index (χ0n) is 28.8. The average molecular weight is 757 g/mol. The van der Waals surface area contributed by atoms with Crippen LogP contribution < -0.4 is 23.7 Å². The monoisotopic (exact) mass is 756 g/mol. The highest BCUT2D eigenvalue weighted by molar-refractivity contribution is 6.04. The quantitative estimate of drug-likeness (QED) is 0.119. The molecular weight excluding hydrogens is 712 g/mol. The van der Waals surface area contributed by atoms with E-state index in [4.69, 9.17) is 42.6 Å². The van der Waals surface area contributed by atoms with Crippen molar-refractivity contribution in [3.8, 4) is 28.7 Å². The number of Topliss-reactive ketones (excluding diaryl/α,β-unsaturated/α-hetero) is 1. The van der Waals surface area contributed by atoms with Crippen molar-refractivity contribution >= 4 is 5.78 Å². The van der Waals surface area contributed by atoms with Gasteiger partial charge in [0.05, 0.1) is 40.0 Å². The van der Waals surface area contributed by atoms with Crippen molar-refractivity contribution in [2.75, 3.05) is 27.4 Å². The summed E-state index contributed by atoms with van der Waals surface area (Å²) in [5, 5.41) is 94.0. The lowest BCUT2D eigenvalue weighted by Gasteiger charge is -2.44. The van der Waals surface area contributed by atoms with Crippen LogP contribution in [0.4, 0.5) is 0 Å². The maximum absolute atomic E-state index is 13.9. The first-order chi connectivity index (χ1) is 25.3. The van der Waals surface area contributed by atoms with Crippen molar-refractivity contribution in [3.63, 3.8) is 0 Å². The van der Waals surface area contributed by atoms with E-state index < -0.39 is 111 Å². The number of aliphatic hydroxyl groups is 9. The first-order valence-corrected chi connectivity index (χ1v) is 16.8. The van der Waals surface area contributed by atoms with Gasteiger partial charge >= 0.3 is 0 Å². The molecular formula is C34H44O19. The molecule has 53 heavy (non-hydrogen) atoms. The van der Waals surface area contributed by atoms with Gasteiger partial charge in [-0.3, -0.25) is 4.79 Å². The molecule has 3 fully saturated rings. The summed E-state index contributed by atoms with van der Waals surface area (Å²) in [7, 11) is 2.75. The topological polar surface area (TPSA) is 282 Å². The SMILES string of the molecule is COc1ccc([C@@H]2CC(=O)c3c(O[C@@H]4O[C@@H](C)[C@H](O)[C@@H](O)[C@H]4O)cc(O[C@@H]4O[C@H](CO)[C@@H](O[C@@H]5OC[C@H](O)[C@H](O)[C@H]5O)[C@H](O)[C@H]4O)c(OC)c3O2)cc1. The molecule has 0 bridgehead atoms. The van der Waals surface area contributed by atoms with Gasteiger partial charge in [-0.2, -0.15) is 0 Å². The number of fused-ring (bicyclic) bond motifs is 1. The number of carbonyl (C=O) groups is 1. The second-order valence-corrected chi connectivity index (χ2v) is 13.1. The zero-order chi connectivity index (χ0) is 38.3. The van der Waals surface area contributed by atoms with Gasteiger partial charge in [0.1, 0.15) is 84.2 Å². The van der Waals surface area contributed by atoms with E-state index in [2.05, 4.69) is 0 Å². The first-order valence-electron chi connectivity index (χ1n) is 16.8. The Morgan fingerprint density at radius 1 is 0.755 bits per heavy atom. The van der Waals surface area contributed by atoms with Gasteiger partial charge < -0.3 is 88.6 Å². The van der Waals surface area contributed by atoms with Crippen molar-refractivity contribution in [1.82, 2.24) is 0 Å². The number of hydrogen-bond donors (Lipinski definition) is 9. The molecule has 0 aliphatic carbocycles. The van der Waals surface area contributed by atoms with Crippen LogP contribution >= 0.6 is 0 Å². The second kappa shape index (κ2) is 16.1. The highest BCUT2D eigenvalue weighted by Crippen LogP contribution is 2.51. The van der Waals surface area contributed by atoms with E-state index >= 15 is 0 Å². The van der Waals surface area contributed by atoms with Gasteiger partial charge in [-0.1, -0.05) is 12.1 Å². The largest absolute Gasteiger partial charge is 0.497 e. The Morgan fingerprint density at radius 2 is 1.40 bits per heavy atom.